The summed E-state index contributed by atoms with van der Waals surface area (Å²) >= 11 is 1.87. The molecule has 0 spiro atoms. The van der Waals surface area contributed by atoms with E-state index in [-0.39, 0.29) is 17.4 Å². The van der Waals surface area contributed by atoms with E-state index >= 15 is 0 Å². The maximum absolute atomic E-state index is 12.2. The molecule has 4 heteroatoms. The van der Waals surface area contributed by atoms with Gasteiger partial charge in [0.1, 0.15) is 0 Å². The van der Waals surface area contributed by atoms with E-state index < -0.39 is 0 Å². The lowest BCUT2D eigenvalue weighted by Gasteiger charge is -2.27. The third kappa shape index (κ3) is 2.04. The van der Waals surface area contributed by atoms with E-state index in [4.69, 9.17) is 5.73 Å². The number of benzene rings is 1. The summed E-state index contributed by atoms with van der Waals surface area (Å²) in [6.07, 6.45) is 2.89. The molecule has 0 aromatic heterocycles. The summed E-state index contributed by atoms with van der Waals surface area (Å²) in [5, 5.41) is 3.20. The van der Waals surface area contributed by atoms with Gasteiger partial charge in [0.2, 0.25) is 5.91 Å². The van der Waals surface area contributed by atoms with Crippen molar-refractivity contribution >= 4 is 17.7 Å². The second kappa shape index (κ2) is 4.59. The normalized spacial score (nSPS) is 24.2. The fourth-order valence-electron chi connectivity index (χ4n) is 2.48. The highest BCUT2D eigenvalue weighted by atomic mass is 32.2. The van der Waals surface area contributed by atoms with Gasteiger partial charge >= 0.3 is 0 Å². The lowest BCUT2D eigenvalue weighted by atomic mass is 10.0. The molecule has 0 radical (unpaired) electrons. The van der Waals surface area contributed by atoms with E-state index in [2.05, 4.69) is 23.5 Å². The van der Waals surface area contributed by atoms with Crippen molar-refractivity contribution in [2.45, 2.75) is 30.2 Å². The molecule has 3 rings (SSSR count). The van der Waals surface area contributed by atoms with Gasteiger partial charge in [-0.1, -0.05) is 18.2 Å². The van der Waals surface area contributed by atoms with E-state index in [9.17, 15) is 4.79 Å². The Hall–Kier alpha value is -1.00. The monoisotopic (exact) mass is 262 g/mol. The zero-order chi connectivity index (χ0) is 12.6. The molecule has 1 fully saturated rings. The SMILES string of the molecule is NCC1(C(=O)NC2CCSc3ccccc32)CC1. The molecule has 0 bridgehead atoms. The Morgan fingerprint density at radius 3 is 2.94 bits per heavy atom. The maximum atomic E-state index is 12.2. The summed E-state index contributed by atoms with van der Waals surface area (Å²) in [5.74, 6) is 1.22. The molecule has 1 aromatic rings. The van der Waals surface area contributed by atoms with Crippen LogP contribution in [0.2, 0.25) is 0 Å². The molecular weight excluding hydrogens is 244 g/mol. The lowest BCUT2D eigenvalue weighted by molar-refractivity contribution is -0.126. The maximum Gasteiger partial charge on any atom is 0.227 e. The zero-order valence-electron chi connectivity index (χ0n) is 10.3. The number of hydrogen-bond acceptors (Lipinski definition) is 3. The van der Waals surface area contributed by atoms with E-state index in [0.717, 1.165) is 25.0 Å². The summed E-state index contributed by atoms with van der Waals surface area (Å²) in [6, 6.07) is 8.51. The standard InChI is InChI=1S/C14H18N2OS/c15-9-14(6-7-14)13(17)16-11-5-8-18-12-4-2-1-3-10(11)12/h1-4,11H,5-9,15H2,(H,16,17). The molecule has 3 N–H and O–H groups in total. The highest BCUT2D eigenvalue weighted by Crippen LogP contribution is 2.45. The topological polar surface area (TPSA) is 55.1 Å². The molecule has 18 heavy (non-hydrogen) atoms. The van der Waals surface area contributed by atoms with Crippen LogP contribution in [-0.2, 0) is 4.79 Å². The number of nitrogens with one attached hydrogen (secondary N) is 1. The largest absolute Gasteiger partial charge is 0.349 e. The lowest BCUT2D eigenvalue weighted by Crippen LogP contribution is -2.39. The third-order valence-corrected chi connectivity index (χ3v) is 5.11. The minimum atomic E-state index is -0.250. The summed E-state index contributed by atoms with van der Waals surface area (Å²) in [5.41, 5.74) is 6.71. The molecule has 96 valence electrons. The van der Waals surface area contributed by atoms with Gasteiger partial charge in [-0.25, -0.2) is 0 Å². The van der Waals surface area contributed by atoms with E-state index in [0.29, 0.717) is 6.54 Å². The average molecular weight is 262 g/mol. The summed E-state index contributed by atoms with van der Waals surface area (Å²) in [6.45, 7) is 0.474. The first-order chi connectivity index (χ1) is 8.75. The third-order valence-electron chi connectivity index (χ3n) is 3.99. The van der Waals surface area contributed by atoms with Crippen LogP contribution in [0.5, 0.6) is 0 Å². The fourth-order valence-corrected chi connectivity index (χ4v) is 3.60. The van der Waals surface area contributed by atoms with Crippen LogP contribution < -0.4 is 11.1 Å². The van der Waals surface area contributed by atoms with Crippen LogP contribution in [0.1, 0.15) is 30.9 Å². The predicted octanol–water partition coefficient (Wildman–Crippen LogP) is 2.08. The molecule has 1 amide bonds. The molecule has 3 nitrogen and oxygen atoms in total. The average Bonchev–Trinajstić information content (AvgIpc) is 3.20. The van der Waals surface area contributed by atoms with Crippen molar-refractivity contribution in [2.24, 2.45) is 11.1 Å². The Labute approximate surface area is 112 Å². The summed E-state index contributed by atoms with van der Waals surface area (Å²) in [7, 11) is 0. The zero-order valence-corrected chi connectivity index (χ0v) is 11.1. The number of amides is 1. The van der Waals surface area contributed by atoms with Crippen molar-refractivity contribution in [1.82, 2.24) is 5.32 Å². The molecular formula is C14H18N2OS. The van der Waals surface area contributed by atoms with Gasteiger partial charge in [-0.2, -0.15) is 0 Å². The van der Waals surface area contributed by atoms with Crippen LogP contribution in [0.15, 0.2) is 29.2 Å². The number of carbonyl (C=O) groups excluding carboxylic acids is 1. The summed E-state index contributed by atoms with van der Waals surface area (Å²) in [4.78, 5) is 13.5. The summed E-state index contributed by atoms with van der Waals surface area (Å²) < 4.78 is 0. The van der Waals surface area contributed by atoms with Crippen LogP contribution in [0, 0.1) is 5.41 Å². The van der Waals surface area contributed by atoms with Gasteiger partial charge in [0.15, 0.2) is 0 Å². The van der Waals surface area contributed by atoms with Gasteiger partial charge in [-0.3, -0.25) is 4.79 Å². The van der Waals surface area contributed by atoms with Crippen molar-refractivity contribution in [3.05, 3.63) is 29.8 Å². The van der Waals surface area contributed by atoms with Gasteiger partial charge in [0.25, 0.3) is 0 Å². The minimum absolute atomic E-state index is 0.150. The Balaban J connectivity index is 1.77. The number of thioether (sulfide) groups is 1. The van der Waals surface area contributed by atoms with Crippen LogP contribution in [0.4, 0.5) is 0 Å². The van der Waals surface area contributed by atoms with Crippen molar-refractivity contribution in [3.8, 4) is 0 Å². The number of carbonyl (C=O) groups is 1. The smallest absolute Gasteiger partial charge is 0.227 e. The van der Waals surface area contributed by atoms with Gasteiger partial charge < -0.3 is 11.1 Å². The second-order valence-corrected chi connectivity index (χ2v) is 6.32. The number of nitrogens with two attached hydrogens (primary N) is 1. The van der Waals surface area contributed by atoms with Crippen molar-refractivity contribution in [3.63, 3.8) is 0 Å². The Morgan fingerprint density at radius 1 is 1.44 bits per heavy atom. The first-order valence-corrected chi connectivity index (χ1v) is 7.46. The Kier molecular flexibility index (Phi) is 3.08. The van der Waals surface area contributed by atoms with Crippen LogP contribution in [0.25, 0.3) is 0 Å². The molecule has 1 aliphatic heterocycles. The molecule has 1 atom stereocenters. The van der Waals surface area contributed by atoms with Crippen molar-refractivity contribution in [1.29, 1.82) is 0 Å². The predicted molar refractivity (Wildman–Crippen MR) is 73.4 cm³/mol. The van der Waals surface area contributed by atoms with Crippen molar-refractivity contribution in [2.75, 3.05) is 12.3 Å². The van der Waals surface area contributed by atoms with Gasteiger partial charge in [-0.15, -0.1) is 11.8 Å². The van der Waals surface area contributed by atoms with Crippen LogP contribution in [0.3, 0.4) is 0 Å². The van der Waals surface area contributed by atoms with Crippen LogP contribution in [-0.4, -0.2) is 18.2 Å². The van der Waals surface area contributed by atoms with Crippen molar-refractivity contribution < 1.29 is 4.79 Å². The highest BCUT2D eigenvalue weighted by Gasteiger charge is 2.49. The van der Waals surface area contributed by atoms with E-state index in [1.54, 1.807) is 0 Å². The van der Waals surface area contributed by atoms with E-state index in [1.807, 2.05) is 17.8 Å². The molecule has 0 saturated heterocycles. The second-order valence-electron chi connectivity index (χ2n) is 5.19. The highest BCUT2D eigenvalue weighted by molar-refractivity contribution is 7.99. The molecule has 2 aliphatic rings. The Bertz CT molecular complexity index is 471. The first kappa shape index (κ1) is 12.1. The molecule has 1 heterocycles. The number of rotatable bonds is 3. The van der Waals surface area contributed by atoms with E-state index in [1.165, 1.54) is 10.5 Å². The molecule has 1 saturated carbocycles. The number of fused-ring (bicyclic) bond motifs is 1. The minimum Gasteiger partial charge on any atom is -0.349 e. The Morgan fingerprint density at radius 2 is 2.22 bits per heavy atom. The van der Waals surface area contributed by atoms with Crippen LogP contribution >= 0.6 is 11.8 Å². The first-order valence-electron chi connectivity index (χ1n) is 6.48. The number of hydrogen-bond donors (Lipinski definition) is 2. The van der Waals surface area contributed by atoms with Gasteiger partial charge in [0.05, 0.1) is 11.5 Å². The quantitative estimate of drug-likeness (QED) is 0.877. The van der Waals surface area contributed by atoms with Gasteiger partial charge in [-0.05, 0) is 30.9 Å². The fraction of sp³-hybridized carbons (Fsp3) is 0.500. The molecule has 1 aromatic carbocycles. The van der Waals surface area contributed by atoms with Gasteiger partial charge in [0, 0.05) is 17.2 Å². The molecule has 1 unspecified atom stereocenters. The molecule has 1 aliphatic carbocycles.